The van der Waals surface area contributed by atoms with E-state index < -0.39 is 0 Å². The second-order valence-electron chi connectivity index (χ2n) is 5.67. The quantitative estimate of drug-likeness (QED) is 0.518. The van der Waals surface area contributed by atoms with Gasteiger partial charge in [-0.25, -0.2) is 9.48 Å². The van der Waals surface area contributed by atoms with Crippen molar-refractivity contribution in [2.75, 3.05) is 10.6 Å². The Hall–Kier alpha value is -3.31. The summed E-state index contributed by atoms with van der Waals surface area (Å²) in [5, 5.41) is 11.6. The molecule has 0 unspecified atom stereocenters. The molecule has 26 heavy (non-hydrogen) atoms. The number of nitrogens with zero attached hydrogens (tertiary/aromatic N) is 2. The minimum Gasteiger partial charge on any atom is -0.308 e. The number of carbonyl (C=O) groups is 1. The Labute approximate surface area is 155 Å². The maximum Gasteiger partial charge on any atom is 0.324 e. The Kier molecular flexibility index (Phi) is 4.29. The van der Waals surface area contributed by atoms with Crippen LogP contribution in [0.15, 0.2) is 78.9 Å². The number of benzene rings is 3. The number of anilines is 2. The van der Waals surface area contributed by atoms with Crippen molar-refractivity contribution in [3.05, 3.63) is 83.9 Å². The van der Waals surface area contributed by atoms with Crippen LogP contribution in [0.5, 0.6) is 0 Å². The van der Waals surface area contributed by atoms with E-state index >= 15 is 0 Å². The predicted octanol–water partition coefficient (Wildman–Crippen LogP) is 5.32. The molecule has 1 heterocycles. The smallest absolute Gasteiger partial charge is 0.308 e. The monoisotopic (exact) mass is 362 g/mol. The number of nitrogens with one attached hydrogen (secondary N) is 2. The van der Waals surface area contributed by atoms with Gasteiger partial charge in [0.1, 0.15) is 0 Å². The normalized spacial score (nSPS) is 10.7. The molecule has 128 valence electrons. The molecule has 4 aromatic rings. The second-order valence-corrected chi connectivity index (χ2v) is 6.08. The van der Waals surface area contributed by atoms with Crippen LogP contribution >= 0.6 is 11.6 Å². The third kappa shape index (κ3) is 3.12. The number of para-hydroxylation sites is 3. The predicted molar refractivity (Wildman–Crippen MR) is 105 cm³/mol. The van der Waals surface area contributed by atoms with Crippen LogP contribution in [0.4, 0.5) is 16.3 Å². The number of halogens is 1. The van der Waals surface area contributed by atoms with Gasteiger partial charge in [-0.05, 0) is 36.4 Å². The summed E-state index contributed by atoms with van der Waals surface area (Å²) >= 11 is 6.32. The molecule has 0 bridgehead atoms. The van der Waals surface area contributed by atoms with Gasteiger partial charge in [0, 0.05) is 11.1 Å². The van der Waals surface area contributed by atoms with Gasteiger partial charge in [0.05, 0.1) is 16.2 Å². The summed E-state index contributed by atoms with van der Waals surface area (Å²) in [6.45, 7) is 0. The second kappa shape index (κ2) is 6.90. The van der Waals surface area contributed by atoms with Crippen LogP contribution in [-0.2, 0) is 0 Å². The molecule has 6 heteroatoms. The van der Waals surface area contributed by atoms with Crippen molar-refractivity contribution in [3.63, 3.8) is 0 Å². The molecule has 5 nitrogen and oxygen atoms in total. The van der Waals surface area contributed by atoms with Gasteiger partial charge >= 0.3 is 6.03 Å². The first-order valence-electron chi connectivity index (χ1n) is 8.08. The number of urea groups is 1. The Bertz CT molecular complexity index is 1080. The minimum atomic E-state index is -0.356. The van der Waals surface area contributed by atoms with Gasteiger partial charge in [-0.3, -0.25) is 5.32 Å². The largest absolute Gasteiger partial charge is 0.324 e. The maximum absolute atomic E-state index is 12.3. The van der Waals surface area contributed by atoms with E-state index in [1.54, 1.807) is 4.68 Å². The molecule has 2 amide bonds. The molecule has 0 atom stereocenters. The van der Waals surface area contributed by atoms with Gasteiger partial charge in [-0.1, -0.05) is 54.1 Å². The van der Waals surface area contributed by atoms with Crippen molar-refractivity contribution in [1.29, 1.82) is 0 Å². The van der Waals surface area contributed by atoms with Gasteiger partial charge in [0.25, 0.3) is 0 Å². The van der Waals surface area contributed by atoms with Crippen molar-refractivity contribution in [2.45, 2.75) is 0 Å². The lowest BCUT2D eigenvalue weighted by Crippen LogP contribution is -2.19. The van der Waals surface area contributed by atoms with Gasteiger partial charge in [0.2, 0.25) is 0 Å². The maximum atomic E-state index is 12.3. The highest BCUT2D eigenvalue weighted by molar-refractivity contribution is 6.32. The van der Waals surface area contributed by atoms with E-state index in [-0.39, 0.29) is 6.03 Å². The summed E-state index contributed by atoms with van der Waals surface area (Å²) in [5.74, 6) is 0.467. The van der Waals surface area contributed by atoms with E-state index in [1.165, 1.54) is 0 Å². The average Bonchev–Trinajstić information content (AvgIpc) is 3.01. The van der Waals surface area contributed by atoms with Gasteiger partial charge in [-0.15, -0.1) is 5.10 Å². The molecule has 3 aromatic carbocycles. The number of hydrogen-bond donors (Lipinski definition) is 2. The third-order valence-corrected chi connectivity index (χ3v) is 4.25. The number of rotatable bonds is 3. The van der Waals surface area contributed by atoms with Gasteiger partial charge < -0.3 is 5.32 Å². The lowest BCUT2D eigenvalue weighted by atomic mass is 10.2. The molecule has 0 saturated carbocycles. The van der Waals surface area contributed by atoms with Crippen molar-refractivity contribution in [3.8, 4) is 5.69 Å². The Morgan fingerprint density at radius 2 is 1.54 bits per heavy atom. The molecule has 0 aliphatic rings. The highest BCUT2D eigenvalue weighted by atomic mass is 35.5. The summed E-state index contributed by atoms with van der Waals surface area (Å²) < 4.78 is 1.73. The van der Waals surface area contributed by atoms with Crippen molar-refractivity contribution >= 4 is 40.0 Å². The van der Waals surface area contributed by atoms with Gasteiger partial charge in [-0.2, -0.15) is 0 Å². The summed E-state index contributed by atoms with van der Waals surface area (Å²) in [7, 11) is 0. The van der Waals surface area contributed by atoms with E-state index in [1.807, 2.05) is 78.9 Å². The van der Waals surface area contributed by atoms with E-state index in [2.05, 4.69) is 15.7 Å². The Morgan fingerprint density at radius 3 is 2.35 bits per heavy atom. The number of hydrogen-bond acceptors (Lipinski definition) is 2. The van der Waals surface area contributed by atoms with Crippen LogP contribution < -0.4 is 10.6 Å². The first-order valence-corrected chi connectivity index (χ1v) is 8.46. The summed E-state index contributed by atoms with van der Waals surface area (Å²) in [5.41, 5.74) is 2.32. The number of amides is 2. The standard InChI is InChI=1S/C20H15ClN4O/c21-16-11-5-7-13-18(16)25-17-12-6-4-10-15(17)19(24-25)23-20(26)22-14-8-2-1-3-9-14/h1-13H,(H2,22,23,24,26). The zero-order valence-corrected chi connectivity index (χ0v) is 14.4. The van der Waals surface area contributed by atoms with E-state index in [0.29, 0.717) is 16.5 Å². The molecular weight excluding hydrogens is 348 g/mol. The van der Waals surface area contributed by atoms with E-state index in [0.717, 1.165) is 16.6 Å². The number of carbonyl (C=O) groups excluding carboxylic acids is 1. The highest BCUT2D eigenvalue weighted by Gasteiger charge is 2.15. The molecule has 4 rings (SSSR count). The molecule has 0 radical (unpaired) electrons. The summed E-state index contributed by atoms with van der Waals surface area (Å²) in [4.78, 5) is 12.3. The van der Waals surface area contributed by atoms with Crippen LogP contribution in [0.1, 0.15) is 0 Å². The van der Waals surface area contributed by atoms with Crippen LogP contribution in [0.2, 0.25) is 5.02 Å². The molecule has 0 aliphatic heterocycles. The first kappa shape index (κ1) is 16.2. The molecule has 0 spiro atoms. The molecule has 2 N–H and O–H groups in total. The van der Waals surface area contributed by atoms with Crippen molar-refractivity contribution < 1.29 is 4.79 Å². The van der Waals surface area contributed by atoms with Gasteiger partial charge in [0.15, 0.2) is 5.82 Å². The molecule has 1 aromatic heterocycles. The number of fused-ring (bicyclic) bond motifs is 1. The van der Waals surface area contributed by atoms with Crippen molar-refractivity contribution in [2.24, 2.45) is 0 Å². The topological polar surface area (TPSA) is 59.0 Å². The van der Waals surface area contributed by atoms with Crippen LogP contribution in [0, 0.1) is 0 Å². The minimum absolute atomic E-state index is 0.356. The van der Waals surface area contributed by atoms with E-state index in [9.17, 15) is 4.79 Å². The zero-order chi connectivity index (χ0) is 17.9. The zero-order valence-electron chi connectivity index (χ0n) is 13.7. The highest BCUT2D eigenvalue weighted by Crippen LogP contribution is 2.28. The third-order valence-electron chi connectivity index (χ3n) is 3.93. The van der Waals surface area contributed by atoms with Crippen LogP contribution in [0.25, 0.3) is 16.6 Å². The molecule has 0 fully saturated rings. The van der Waals surface area contributed by atoms with Crippen molar-refractivity contribution in [1.82, 2.24) is 9.78 Å². The van der Waals surface area contributed by atoms with E-state index in [4.69, 9.17) is 11.6 Å². The SMILES string of the molecule is O=C(Nc1ccccc1)Nc1nn(-c2ccccc2Cl)c2ccccc12. The average molecular weight is 363 g/mol. The van der Waals surface area contributed by atoms with Crippen LogP contribution in [-0.4, -0.2) is 15.8 Å². The lowest BCUT2D eigenvalue weighted by Gasteiger charge is -2.06. The molecule has 0 saturated heterocycles. The lowest BCUT2D eigenvalue weighted by molar-refractivity contribution is 0.262. The Morgan fingerprint density at radius 1 is 0.846 bits per heavy atom. The fourth-order valence-corrected chi connectivity index (χ4v) is 2.97. The first-order chi connectivity index (χ1) is 12.7. The summed E-state index contributed by atoms with van der Waals surface area (Å²) in [6.07, 6.45) is 0. The Balaban J connectivity index is 1.70. The molecular formula is C20H15ClN4O. The number of aromatic nitrogens is 2. The fraction of sp³-hybridized carbons (Fsp3) is 0. The summed E-state index contributed by atoms with van der Waals surface area (Å²) in [6, 6.07) is 24.0. The fourth-order valence-electron chi connectivity index (χ4n) is 2.76. The molecule has 0 aliphatic carbocycles. The van der Waals surface area contributed by atoms with Crippen LogP contribution in [0.3, 0.4) is 0 Å².